The molecule has 0 atom stereocenters. The van der Waals surface area contributed by atoms with E-state index in [1.165, 1.54) is 10.9 Å². The van der Waals surface area contributed by atoms with Gasteiger partial charge in [-0.25, -0.2) is 15.0 Å². The van der Waals surface area contributed by atoms with Crippen LogP contribution in [0.1, 0.15) is 12.7 Å². The van der Waals surface area contributed by atoms with Crippen LogP contribution in [-0.4, -0.2) is 32.0 Å². The fourth-order valence-corrected chi connectivity index (χ4v) is 3.26. The molecular weight excluding hydrogens is 406 g/mol. The van der Waals surface area contributed by atoms with Gasteiger partial charge in [-0.3, -0.25) is 14.2 Å². The summed E-state index contributed by atoms with van der Waals surface area (Å²) in [6, 6.07) is 16.1. The van der Waals surface area contributed by atoms with E-state index < -0.39 is 0 Å². The minimum absolute atomic E-state index is 0.121. The van der Waals surface area contributed by atoms with Crippen molar-refractivity contribution >= 4 is 39.8 Å². The van der Waals surface area contributed by atoms with E-state index in [9.17, 15) is 9.59 Å². The monoisotopic (exact) mass is 429 g/mol. The molecule has 0 spiro atoms. The van der Waals surface area contributed by atoms with Gasteiger partial charge in [-0.1, -0.05) is 12.1 Å². The van der Waals surface area contributed by atoms with Crippen molar-refractivity contribution in [3.05, 3.63) is 77.1 Å². The molecule has 3 N–H and O–H groups in total. The number of rotatable bonds is 7. The second-order valence-corrected chi connectivity index (χ2v) is 7.16. The minimum Gasteiger partial charge on any atom is -0.370 e. The van der Waals surface area contributed by atoms with Crippen molar-refractivity contribution in [3.63, 3.8) is 0 Å². The zero-order valence-corrected chi connectivity index (χ0v) is 17.8. The molecule has 0 aliphatic carbocycles. The molecule has 0 saturated heterocycles. The highest BCUT2D eigenvalue weighted by Crippen LogP contribution is 2.19. The van der Waals surface area contributed by atoms with Crippen LogP contribution in [0.15, 0.2) is 65.7 Å². The molecular formula is C23H23N7O2. The third-order valence-electron chi connectivity index (χ3n) is 4.68. The highest BCUT2D eigenvalue weighted by Gasteiger charge is 2.09. The van der Waals surface area contributed by atoms with Crippen molar-refractivity contribution in [1.29, 1.82) is 0 Å². The molecule has 0 aliphatic rings. The normalized spacial score (nSPS) is 10.7. The number of nitrogens with one attached hydrogen (secondary N) is 3. The number of hydrogen-bond acceptors (Lipinski definition) is 7. The van der Waals surface area contributed by atoms with Crippen LogP contribution >= 0.6 is 0 Å². The smallest absolute Gasteiger partial charge is 0.261 e. The summed E-state index contributed by atoms with van der Waals surface area (Å²) in [7, 11) is 0. The number of anilines is 4. The van der Waals surface area contributed by atoms with E-state index in [0.717, 1.165) is 18.1 Å². The number of carbonyl (C=O) groups excluding carboxylic acids is 1. The van der Waals surface area contributed by atoms with Gasteiger partial charge < -0.3 is 16.0 Å². The third kappa shape index (κ3) is 4.89. The molecule has 0 fully saturated rings. The quantitative estimate of drug-likeness (QED) is 0.413. The lowest BCUT2D eigenvalue weighted by Crippen LogP contribution is -2.27. The predicted octanol–water partition coefficient (Wildman–Crippen LogP) is 3.31. The molecule has 2 aromatic heterocycles. The van der Waals surface area contributed by atoms with E-state index in [2.05, 4.69) is 30.9 Å². The summed E-state index contributed by atoms with van der Waals surface area (Å²) >= 11 is 0. The lowest BCUT2D eigenvalue weighted by Gasteiger charge is -2.11. The van der Waals surface area contributed by atoms with Crippen LogP contribution < -0.4 is 21.5 Å². The Morgan fingerprint density at radius 3 is 2.50 bits per heavy atom. The molecule has 0 radical (unpaired) electrons. The van der Waals surface area contributed by atoms with Gasteiger partial charge in [0.15, 0.2) is 0 Å². The van der Waals surface area contributed by atoms with Gasteiger partial charge in [0, 0.05) is 24.0 Å². The summed E-state index contributed by atoms with van der Waals surface area (Å²) in [6.07, 6.45) is 1.39. The van der Waals surface area contributed by atoms with Crippen LogP contribution in [0.4, 0.5) is 23.0 Å². The molecule has 4 aromatic rings. The lowest BCUT2D eigenvalue weighted by atomic mass is 10.2. The fraction of sp³-hybridized carbons (Fsp3) is 0.174. The molecule has 32 heavy (non-hydrogen) atoms. The van der Waals surface area contributed by atoms with Crippen molar-refractivity contribution in [2.45, 2.75) is 20.4 Å². The van der Waals surface area contributed by atoms with Crippen LogP contribution in [0.2, 0.25) is 0 Å². The number of fused-ring (bicyclic) bond motifs is 1. The molecule has 0 bridgehead atoms. The van der Waals surface area contributed by atoms with Gasteiger partial charge in [-0.2, -0.15) is 0 Å². The van der Waals surface area contributed by atoms with Crippen molar-refractivity contribution in [3.8, 4) is 0 Å². The van der Waals surface area contributed by atoms with E-state index in [1.54, 1.807) is 30.3 Å². The van der Waals surface area contributed by atoms with Gasteiger partial charge in [0.25, 0.3) is 5.56 Å². The van der Waals surface area contributed by atoms with Gasteiger partial charge in [0.05, 0.1) is 17.2 Å². The topological polar surface area (TPSA) is 114 Å². The Bertz CT molecular complexity index is 1320. The molecule has 0 saturated carbocycles. The highest BCUT2D eigenvalue weighted by molar-refractivity contribution is 5.91. The number of amides is 1. The number of hydrogen-bond donors (Lipinski definition) is 3. The van der Waals surface area contributed by atoms with Crippen LogP contribution in [-0.2, 0) is 11.3 Å². The van der Waals surface area contributed by atoms with Gasteiger partial charge in [-0.05, 0) is 50.2 Å². The Kier molecular flexibility index (Phi) is 6.07. The highest BCUT2D eigenvalue weighted by atomic mass is 16.2. The fourth-order valence-electron chi connectivity index (χ4n) is 3.26. The first-order valence-corrected chi connectivity index (χ1v) is 10.2. The second kappa shape index (κ2) is 9.25. The standard InChI is InChI=1S/C23H23N7O2/c1-3-24-20-12-21(27-15(2)26-20)28-16-8-10-17(11-9-16)29-22(31)13-30-14-25-19-7-5-4-6-18(19)23(30)32/h4-12,14H,3,13H2,1-2H3,(H,29,31)(H2,24,26,27,28). The summed E-state index contributed by atoms with van der Waals surface area (Å²) in [4.78, 5) is 37.9. The van der Waals surface area contributed by atoms with Gasteiger partial charge in [0.1, 0.15) is 24.0 Å². The average Bonchev–Trinajstić information content (AvgIpc) is 2.77. The molecule has 4 rings (SSSR count). The van der Waals surface area contributed by atoms with Crippen molar-refractivity contribution in [2.24, 2.45) is 0 Å². The number of aryl methyl sites for hydroxylation is 1. The zero-order valence-electron chi connectivity index (χ0n) is 17.8. The maximum Gasteiger partial charge on any atom is 0.261 e. The van der Waals surface area contributed by atoms with E-state index >= 15 is 0 Å². The van der Waals surface area contributed by atoms with Gasteiger partial charge in [0.2, 0.25) is 5.91 Å². The van der Waals surface area contributed by atoms with E-state index in [0.29, 0.717) is 28.2 Å². The Morgan fingerprint density at radius 1 is 1.00 bits per heavy atom. The Morgan fingerprint density at radius 2 is 1.72 bits per heavy atom. The first-order valence-electron chi connectivity index (χ1n) is 10.2. The van der Waals surface area contributed by atoms with E-state index in [1.807, 2.05) is 38.1 Å². The number of carbonyl (C=O) groups is 1. The van der Waals surface area contributed by atoms with Gasteiger partial charge >= 0.3 is 0 Å². The number of benzene rings is 2. The van der Waals surface area contributed by atoms with Gasteiger partial charge in [-0.15, -0.1) is 0 Å². The number of nitrogens with zero attached hydrogens (tertiary/aromatic N) is 4. The van der Waals surface area contributed by atoms with E-state index in [4.69, 9.17) is 0 Å². The van der Waals surface area contributed by atoms with Crippen LogP contribution in [0.3, 0.4) is 0 Å². The Hall–Kier alpha value is -4.27. The molecule has 1 amide bonds. The second-order valence-electron chi connectivity index (χ2n) is 7.16. The number of para-hydroxylation sites is 1. The van der Waals surface area contributed by atoms with Crippen molar-refractivity contribution in [1.82, 2.24) is 19.5 Å². The number of aromatic nitrogens is 4. The van der Waals surface area contributed by atoms with Crippen LogP contribution in [0.25, 0.3) is 10.9 Å². The Balaban J connectivity index is 1.41. The van der Waals surface area contributed by atoms with Crippen molar-refractivity contribution in [2.75, 3.05) is 22.5 Å². The first-order chi connectivity index (χ1) is 15.5. The van der Waals surface area contributed by atoms with Crippen molar-refractivity contribution < 1.29 is 4.79 Å². The first kappa shape index (κ1) is 21.0. The SMILES string of the molecule is CCNc1cc(Nc2ccc(NC(=O)Cn3cnc4ccccc4c3=O)cc2)nc(C)n1. The van der Waals surface area contributed by atoms with Crippen LogP contribution in [0.5, 0.6) is 0 Å². The lowest BCUT2D eigenvalue weighted by molar-refractivity contribution is -0.116. The molecule has 2 aromatic carbocycles. The largest absolute Gasteiger partial charge is 0.370 e. The minimum atomic E-state index is -0.313. The molecule has 162 valence electrons. The maximum atomic E-state index is 12.5. The molecule has 0 unspecified atom stereocenters. The predicted molar refractivity (Wildman–Crippen MR) is 125 cm³/mol. The molecule has 2 heterocycles. The van der Waals surface area contributed by atoms with E-state index in [-0.39, 0.29) is 18.0 Å². The maximum absolute atomic E-state index is 12.5. The third-order valence-corrected chi connectivity index (χ3v) is 4.68. The molecule has 9 nitrogen and oxygen atoms in total. The Labute approximate surface area is 184 Å². The molecule has 0 aliphatic heterocycles. The summed E-state index contributed by atoms with van der Waals surface area (Å²) in [5, 5.41) is 9.69. The average molecular weight is 429 g/mol. The molecule has 9 heteroatoms. The summed E-state index contributed by atoms with van der Waals surface area (Å²) in [5.74, 6) is 1.78. The summed E-state index contributed by atoms with van der Waals surface area (Å²) in [5.41, 5.74) is 1.80. The summed E-state index contributed by atoms with van der Waals surface area (Å²) in [6.45, 7) is 4.49. The zero-order chi connectivity index (χ0) is 22.5. The van der Waals surface area contributed by atoms with Crippen LogP contribution in [0, 0.1) is 6.92 Å². The summed E-state index contributed by atoms with van der Waals surface area (Å²) < 4.78 is 1.30.